The summed E-state index contributed by atoms with van der Waals surface area (Å²) in [5, 5.41) is 8.69. The first kappa shape index (κ1) is 12.7. The molecule has 0 aromatic carbocycles. The summed E-state index contributed by atoms with van der Waals surface area (Å²) in [5.74, 6) is 0.550. The van der Waals surface area contributed by atoms with Crippen LogP contribution in [0.5, 0.6) is 0 Å². The number of hydrogen-bond acceptors (Lipinski definition) is 2. The molecule has 0 bridgehead atoms. The number of methoxy groups -OCH3 is 1. The molecule has 1 atom stereocenters. The number of allylic oxidation sites excluding steroid dienone is 1. The number of ether oxygens (including phenoxy) is 1. The average Bonchev–Trinajstić information content (AvgIpc) is 2.05. The van der Waals surface area contributed by atoms with Crippen LogP contribution in [0.4, 0.5) is 0 Å². The molecule has 0 amide bonds. The van der Waals surface area contributed by atoms with E-state index in [-0.39, 0.29) is 12.2 Å². The quantitative estimate of drug-likeness (QED) is 0.645. The predicted molar refractivity (Wildman–Crippen MR) is 55.7 cm³/mol. The second kappa shape index (κ2) is 6.17. The molecule has 0 radical (unpaired) electrons. The zero-order valence-corrected chi connectivity index (χ0v) is 9.21. The maximum Gasteiger partial charge on any atom is 0.0802 e. The molecule has 78 valence electrons. The Balaban J connectivity index is 3.73. The van der Waals surface area contributed by atoms with Crippen LogP contribution in [-0.4, -0.2) is 24.4 Å². The zero-order chi connectivity index (χ0) is 10.3. The Labute approximate surface area is 81.6 Å². The Kier molecular flexibility index (Phi) is 6.00. The van der Waals surface area contributed by atoms with E-state index in [0.717, 1.165) is 12.8 Å². The molecule has 13 heavy (non-hydrogen) atoms. The van der Waals surface area contributed by atoms with Gasteiger partial charge in [0, 0.05) is 13.7 Å². The van der Waals surface area contributed by atoms with E-state index in [1.54, 1.807) is 7.11 Å². The molecule has 0 unspecified atom stereocenters. The third-order valence-corrected chi connectivity index (χ3v) is 2.21. The van der Waals surface area contributed by atoms with Crippen LogP contribution in [-0.2, 0) is 4.74 Å². The summed E-state index contributed by atoms with van der Waals surface area (Å²) in [7, 11) is 1.71. The molecule has 0 aliphatic heterocycles. The minimum absolute atomic E-state index is 0.168. The molecular weight excluding hydrogens is 164 g/mol. The lowest BCUT2D eigenvalue weighted by Crippen LogP contribution is -2.18. The summed E-state index contributed by atoms with van der Waals surface area (Å²) in [5.41, 5.74) is -0.168. The third kappa shape index (κ3) is 6.79. The van der Waals surface area contributed by atoms with Gasteiger partial charge in [-0.3, -0.25) is 0 Å². The first-order chi connectivity index (χ1) is 6.02. The van der Waals surface area contributed by atoms with Crippen molar-refractivity contribution in [3.05, 3.63) is 12.2 Å². The van der Waals surface area contributed by atoms with E-state index in [1.165, 1.54) is 0 Å². The number of aliphatic hydroxyl groups excluding tert-OH is 1. The van der Waals surface area contributed by atoms with Gasteiger partial charge in [0.2, 0.25) is 0 Å². The van der Waals surface area contributed by atoms with Crippen LogP contribution in [0.3, 0.4) is 0 Å². The highest BCUT2D eigenvalue weighted by Gasteiger charge is 2.10. The van der Waals surface area contributed by atoms with Crippen molar-refractivity contribution in [2.75, 3.05) is 13.7 Å². The molecule has 0 rings (SSSR count). The van der Waals surface area contributed by atoms with Crippen molar-refractivity contribution in [1.82, 2.24) is 0 Å². The molecule has 0 fully saturated rings. The highest BCUT2D eigenvalue weighted by atomic mass is 16.5. The smallest absolute Gasteiger partial charge is 0.0802 e. The number of hydrogen-bond donors (Lipinski definition) is 1. The van der Waals surface area contributed by atoms with E-state index in [4.69, 9.17) is 9.84 Å². The first-order valence-electron chi connectivity index (χ1n) is 4.85. The normalized spacial score (nSPS) is 15.2. The molecule has 0 aliphatic rings. The molecule has 2 heteroatoms. The molecule has 2 nitrogen and oxygen atoms in total. The lowest BCUT2D eigenvalue weighted by Gasteiger charge is -2.18. The number of rotatable bonds is 6. The maximum atomic E-state index is 8.69. The van der Waals surface area contributed by atoms with E-state index >= 15 is 0 Å². The van der Waals surface area contributed by atoms with Crippen molar-refractivity contribution in [1.29, 1.82) is 0 Å². The highest BCUT2D eigenvalue weighted by Crippen LogP contribution is 2.12. The fourth-order valence-corrected chi connectivity index (χ4v) is 0.990. The predicted octanol–water partition coefficient (Wildman–Crippen LogP) is 2.38. The third-order valence-electron chi connectivity index (χ3n) is 2.21. The minimum Gasteiger partial charge on any atom is -0.396 e. The van der Waals surface area contributed by atoms with Gasteiger partial charge in [0.25, 0.3) is 0 Å². The van der Waals surface area contributed by atoms with Crippen LogP contribution in [0.25, 0.3) is 0 Å². The van der Waals surface area contributed by atoms with Crippen molar-refractivity contribution in [2.45, 2.75) is 39.2 Å². The van der Waals surface area contributed by atoms with Crippen molar-refractivity contribution < 1.29 is 9.84 Å². The molecule has 0 heterocycles. The molecule has 0 aliphatic carbocycles. The molecule has 0 aromatic rings. The molecular formula is C11H22O2. The topological polar surface area (TPSA) is 29.5 Å². The van der Waals surface area contributed by atoms with Crippen molar-refractivity contribution in [2.24, 2.45) is 5.92 Å². The van der Waals surface area contributed by atoms with Gasteiger partial charge in [-0.2, -0.15) is 0 Å². The van der Waals surface area contributed by atoms with Crippen LogP contribution < -0.4 is 0 Å². The Morgan fingerprint density at radius 1 is 1.46 bits per heavy atom. The van der Waals surface area contributed by atoms with Crippen LogP contribution in [0, 0.1) is 5.92 Å². The summed E-state index contributed by atoms with van der Waals surface area (Å²) in [4.78, 5) is 0. The van der Waals surface area contributed by atoms with E-state index in [0.29, 0.717) is 5.92 Å². The van der Waals surface area contributed by atoms with Gasteiger partial charge in [-0.1, -0.05) is 19.1 Å². The van der Waals surface area contributed by atoms with Crippen LogP contribution in [0.1, 0.15) is 33.6 Å². The van der Waals surface area contributed by atoms with E-state index in [9.17, 15) is 0 Å². The standard InChI is InChI=1S/C11H22O2/c1-10(7-9-12)6-5-8-11(2,3)13-4/h5,8,10,12H,6-7,9H2,1-4H3/t10-/m1/s1. The molecule has 1 N–H and O–H groups in total. The average molecular weight is 186 g/mol. The summed E-state index contributed by atoms with van der Waals surface area (Å²) >= 11 is 0. The van der Waals surface area contributed by atoms with Gasteiger partial charge in [-0.25, -0.2) is 0 Å². The van der Waals surface area contributed by atoms with Gasteiger partial charge >= 0.3 is 0 Å². The Hall–Kier alpha value is -0.340. The van der Waals surface area contributed by atoms with Gasteiger partial charge in [-0.05, 0) is 32.6 Å². The van der Waals surface area contributed by atoms with Gasteiger partial charge < -0.3 is 9.84 Å². The first-order valence-corrected chi connectivity index (χ1v) is 4.85. The molecule has 0 saturated carbocycles. The SMILES string of the molecule is COC(C)(C)C=CC[C@@H](C)CCO. The monoisotopic (exact) mass is 186 g/mol. The Morgan fingerprint density at radius 2 is 2.08 bits per heavy atom. The van der Waals surface area contributed by atoms with E-state index < -0.39 is 0 Å². The van der Waals surface area contributed by atoms with Gasteiger partial charge in [-0.15, -0.1) is 0 Å². The van der Waals surface area contributed by atoms with Gasteiger partial charge in [0.05, 0.1) is 5.60 Å². The fourth-order valence-electron chi connectivity index (χ4n) is 0.990. The fraction of sp³-hybridized carbons (Fsp3) is 0.818. The van der Waals surface area contributed by atoms with Gasteiger partial charge in [0.1, 0.15) is 0 Å². The van der Waals surface area contributed by atoms with Crippen molar-refractivity contribution >= 4 is 0 Å². The van der Waals surface area contributed by atoms with Crippen molar-refractivity contribution in [3.8, 4) is 0 Å². The molecule has 0 spiro atoms. The lowest BCUT2D eigenvalue weighted by atomic mass is 10.0. The maximum absolute atomic E-state index is 8.69. The van der Waals surface area contributed by atoms with Crippen LogP contribution in [0.15, 0.2) is 12.2 Å². The summed E-state index contributed by atoms with van der Waals surface area (Å²) in [6, 6.07) is 0. The summed E-state index contributed by atoms with van der Waals surface area (Å²) < 4.78 is 5.24. The number of aliphatic hydroxyl groups is 1. The Bertz CT molecular complexity index is 150. The lowest BCUT2D eigenvalue weighted by molar-refractivity contribution is 0.0653. The molecule has 0 saturated heterocycles. The van der Waals surface area contributed by atoms with Crippen LogP contribution >= 0.6 is 0 Å². The second-order valence-corrected chi connectivity index (χ2v) is 4.06. The summed E-state index contributed by atoms with van der Waals surface area (Å²) in [6.45, 7) is 6.48. The Morgan fingerprint density at radius 3 is 2.54 bits per heavy atom. The molecule has 0 aromatic heterocycles. The van der Waals surface area contributed by atoms with Gasteiger partial charge in [0.15, 0.2) is 0 Å². The van der Waals surface area contributed by atoms with E-state index in [1.807, 2.05) is 13.8 Å². The minimum atomic E-state index is -0.168. The highest BCUT2D eigenvalue weighted by molar-refractivity contribution is 4.96. The van der Waals surface area contributed by atoms with E-state index in [2.05, 4.69) is 19.1 Å². The van der Waals surface area contributed by atoms with Crippen molar-refractivity contribution in [3.63, 3.8) is 0 Å². The zero-order valence-electron chi connectivity index (χ0n) is 9.21. The van der Waals surface area contributed by atoms with Crippen LogP contribution in [0.2, 0.25) is 0 Å². The summed E-state index contributed by atoms with van der Waals surface area (Å²) in [6.07, 6.45) is 6.08. The second-order valence-electron chi connectivity index (χ2n) is 4.06. The largest absolute Gasteiger partial charge is 0.396 e.